The predicted octanol–water partition coefficient (Wildman–Crippen LogP) is 5.17. The Balaban J connectivity index is 1.56. The molecule has 1 N–H and O–H groups in total. The minimum atomic E-state index is -0.737. The second-order valence-electron chi connectivity index (χ2n) is 9.24. The van der Waals surface area contributed by atoms with Crippen molar-refractivity contribution in [1.29, 1.82) is 0 Å². The van der Waals surface area contributed by atoms with Crippen LogP contribution in [0.15, 0.2) is 54.6 Å². The summed E-state index contributed by atoms with van der Waals surface area (Å²) in [6.45, 7) is 0.437. The van der Waals surface area contributed by atoms with Crippen molar-refractivity contribution in [2.45, 2.75) is 51.0 Å². The average molecular weight is 462 g/mol. The molecule has 6 heteroatoms. The van der Waals surface area contributed by atoms with Gasteiger partial charge in [0.15, 0.2) is 0 Å². The number of hydrogen-bond acceptors (Lipinski definition) is 4. The molecule has 0 radical (unpaired) electrons. The van der Waals surface area contributed by atoms with Crippen LogP contribution in [0, 0.1) is 11.8 Å². The van der Waals surface area contributed by atoms with Crippen LogP contribution in [-0.4, -0.2) is 30.1 Å². The summed E-state index contributed by atoms with van der Waals surface area (Å²) < 4.78 is 4.67. The molecule has 0 saturated heterocycles. The maximum Gasteiger partial charge on any atom is 0.330 e. The van der Waals surface area contributed by atoms with Gasteiger partial charge < -0.3 is 14.7 Å². The Kier molecular flexibility index (Phi) is 7.46. The van der Waals surface area contributed by atoms with Crippen molar-refractivity contribution in [1.82, 2.24) is 0 Å². The molecule has 2 unspecified atom stereocenters. The zero-order chi connectivity index (χ0) is 24.1. The number of carbonyl (C=O) groups is 3. The number of amides is 1. The number of esters is 1. The van der Waals surface area contributed by atoms with Gasteiger partial charge >= 0.3 is 11.9 Å². The number of aliphatic carboxylic acids is 1. The Morgan fingerprint density at radius 2 is 1.79 bits per heavy atom. The Morgan fingerprint density at radius 3 is 2.44 bits per heavy atom. The van der Waals surface area contributed by atoms with Gasteiger partial charge in [-0.2, -0.15) is 0 Å². The highest BCUT2D eigenvalue weighted by Gasteiger charge is 2.44. The summed E-state index contributed by atoms with van der Waals surface area (Å²) in [7, 11) is 1.34. The smallest absolute Gasteiger partial charge is 0.330 e. The molecule has 34 heavy (non-hydrogen) atoms. The SMILES string of the molecule is COC(=O)C=Cc1cccc(N(Cc2ccc(C3CC3C(=O)O)cc2)C(=O)C2CCCCC2)c1. The van der Waals surface area contributed by atoms with Crippen LogP contribution >= 0.6 is 0 Å². The first-order chi connectivity index (χ1) is 16.5. The molecule has 2 aliphatic carbocycles. The molecule has 0 aromatic heterocycles. The van der Waals surface area contributed by atoms with E-state index in [0.717, 1.165) is 48.1 Å². The van der Waals surface area contributed by atoms with Crippen molar-refractivity contribution < 1.29 is 24.2 Å². The minimum absolute atomic E-state index is 0.0186. The zero-order valence-electron chi connectivity index (χ0n) is 19.5. The number of carboxylic acid groups (broad SMARTS) is 1. The highest BCUT2D eigenvalue weighted by molar-refractivity contribution is 5.95. The van der Waals surface area contributed by atoms with E-state index in [1.165, 1.54) is 19.6 Å². The Bertz CT molecular complexity index is 1070. The van der Waals surface area contributed by atoms with E-state index in [0.29, 0.717) is 13.0 Å². The fourth-order valence-electron chi connectivity index (χ4n) is 4.78. The fraction of sp³-hybridized carbons (Fsp3) is 0.393. The lowest BCUT2D eigenvalue weighted by Gasteiger charge is -2.30. The monoisotopic (exact) mass is 461 g/mol. The van der Waals surface area contributed by atoms with Crippen LogP contribution in [0.25, 0.3) is 6.08 Å². The second-order valence-corrected chi connectivity index (χ2v) is 9.24. The first-order valence-electron chi connectivity index (χ1n) is 12.0. The third kappa shape index (κ3) is 5.74. The first-order valence-corrected chi connectivity index (χ1v) is 12.0. The number of benzene rings is 2. The maximum absolute atomic E-state index is 13.6. The molecule has 0 aliphatic heterocycles. The van der Waals surface area contributed by atoms with E-state index in [-0.39, 0.29) is 23.7 Å². The number of ether oxygens (including phenoxy) is 1. The molecule has 0 spiro atoms. The number of carboxylic acids is 1. The predicted molar refractivity (Wildman–Crippen MR) is 130 cm³/mol. The van der Waals surface area contributed by atoms with Gasteiger partial charge in [0.05, 0.1) is 19.6 Å². The quantitative estimate of drug-likeness (QED) is 0.433. The highest BCUT2D eigenvalue weighted by atomic mass is 16.5. The summed E-state index contributed by atoms with van der Waals surface area (Å²) in [5.41, 5.74) is 3.64. The minimum Gasteiger partial charge on any atom is -0.481 e. The van der Waals surface area contributed by atoms with Gasteiger partial charge in [0, 0.05) is 17.7 Å². The number of rotatable bonds is 8. The summed E-state index contributed by atoms with van der Waals surface area (Å²) >= 11 is 0. The van der Waals surface area contributed by atoms with E-state index in [4.69, 9.17) is 0 Å². The Hall–Kier alpha value is -3.41. The van der Waals surface area contributed by atoms with E-state index in [2.05, 4.69) is 4.74 Å². The maximum atomic E-state index is 13.6. The lowest BCUT2D eigenvalue weighted by atomic mass is 9.88. The number of anilines is 1. The van der Waals surface area contributed by atoms with Gasteiger partial charge in [0.25, 0.3) is 0 Å². The van der Waals surface area contributed by atoms with Gasteiger partial charge in [-0.15, -0.1) is 0 Å². The molecule has 1 amide bonds. The van der Waals surface area contributed by atoms with Gasteiger partial charge in [-0.05, 0) is 60.1 Å². The topological polar surface area (TPSA) is 83.9 Å². The van der Waals surface area contributed by atoms with Crippen LogP contribution in [-0.2, 0) is 25.7 Å². The molecule has 178 valence electrons. The standard InChI is InChI=1S/C28H31NO5/c1-34-26(30)15-12-19-6-5-9-23(16-19)29(27(31)22-7-3-2-4-8-22)18-20-10-13-21(14-11-20)24-17-25(24)28(32)33/h5-6,9-16,22,24-25H,2-4,7-8,17-18H2,1H3,(H,32,33). The number of hydrogen-bond donors (Lipinski definition) is 1. The Morgan fingerprint density at radius 1 is 1.06 bits per heavy atom. The molecule has 0 bridgehead atoms. The van der Waals surface area contributed by atoms with Crippen molar-refractivity contribution in [2.24, 2.45) is 11.8 Å². The largest absolute Gasteiger partial charge is 0.481 e. The molecular weight excluding hydrogens is 430 g/mol. The van der Waals surface area contributed by atoms with Crippen molar-refractivity contribution in [3.63, 3.8) is 0 Å². The molecule has 2 aromatic rings. The zero-order valence-corrected chi connectivity index (χ0v) is 19.5. The van der Waals surface area contributed by atoms with Gasteiger partial charge in [-0.3, -0.25) is 9.59 Å². The van der Waals surface area contributed by atoms with Crippen molar-refractivity contribution >= 4 is 29.6 Å². The number of nitrogens with zero attached hydrogens (tertiary/aromatic N) is 1. The van der Waals surface area contributed by atoms with Crippen molar-refractivity contribution in [3.05, 3.63) is 71.3 Å². The average Bonchev–Trinajstić information content (AvgIpc) is 3.68. The summed E-state index contributed by atoms with van der Waals surface area (Å²) in [5.74, 6) is -1.21. The van der Waals surface area contributed by atoms with Crippen LogP contribution in [0.2, 0.25) is 0 Å². The van der Waals surface area contributed by atoms with E-state index >= 15 is 0 Å². The summed E-state index contributed by atoms with van der Waals surface area (Å²) in [6.07, 6.45) is 8.89. The van der Waals surface area contributed by atoms with Crippen LogP contribution in [0.1, 0.15) is 61.1 Å². The molecule has 2 fully saturated rings. The molecule has 2 saturated carbocycles. The van der Waals surface area contributed by atoms with Gasteiger partial charge in [-0.1, -0.05) is 55.7 Å². The van der Waals surface area contributed by atoms with Crippen LogP contribution in [0.5, 0.6) is 0 Å². The normalized spacial score (nSPS) is 20.1. The molecule has 4 rings (SSSR count). The number of methoxy groups -OCH3 is 1. The molecular formula is C28H31NO5. The van der Waals surface area contributed by atoms with E-state index < -0.39 is 11.9 Å². The summed E-state index contributed by atoms with van der Waals surface area (Å²) in [4.78, 5) is 38.1. The third-order valence-electron chi connectivity index (χ3n) is 6.87. The second kappa shape index (κ2) is 10.7. The van der Waals surface area contributed by atoms with E-state index in [1.807, 2.05) is 53.4 Å². The molecule has 2 aliphatic rings. The molecule has 0 heterocycles. The number of carbonyl (C=O) groups excluding carboxylic acids is 2. The van der Waals surface area contributed by atoms with Crippen LogP contribution < -0.4 is 4.90 Å². The van der Waals surface area contributed by atoms with Gasteiger partial charge in [0.2, 0.25) is 5.91 Å². The van der Waals surface area contributed by atoms with Crippen molar-refractivity contribution in [2.75, 3.05) is 12.0 Å². The van der Waals surface area contributed by atoms with Crippen molar-refractivity contribution in [3.8, 4) is 0 Å². The van der Waals surface area contributed by atoms with Gasteiger partial charge in [-0.25, -0.2) is 4.79 Å². The molecule has 2 atom stereocenters. The summed E-state index contributed by atoms with van der Waals surface area (Å²) in [5, 5.41) is 9.20. The summed E-state index contributed by atoms with van der Waals surface area (Å²) in [6, 6.07) is 15.6. The molecule has 6 nitrogen and oxygen atoms in total. The Labute approximate surface area is 200 Å². The lowest BCUT2D eigenvalue weighted by molar-refractivity contribution is -0.138. The third-order valence-corrected chi connectivity index (χ3v) is 6.87. The van der Waals surface area contributed by atoms with Gasteiger partial charge in [0.1, 0.15) is 0 Å². The van der Waals surface area contributed by atoms with Crippen LogP contribution in [0.4, 0.5) is 5.69 Å². The molecule has 2 aromatic carbocycles. The highest BCUT2D eigenvalue weighted by Crippen LogP contribution is 2.47. The van der Waals surface area contributed by atoms with E-state index in [1.54, 1.807) is 6.08 Å². The van der Waals surface area contributed by atoms with E-state index in [9.17, 15) is 19.5 Å². The first kappa shape index (κ1) is 23.7. The van der Waals surface area contributed by atoms with Crippen LogP contribution in [0.3, 0.4) is 0 Å². The lowest BCUT2D eigenvalue weighted by Crippen LogP contribution is -2.36. The fourth-order valence-corrected chi connectivity index (χ4v) is 4.78.